The molecule has 6 aromatic heterocycles. The summed E-state index contributed by atoms with van der Waals surface area (Å²) in [6, 6.07) is 0. The predicted octanol–water partition coefficient (Wildman–Crippen LogP) is 12.8. The molecule has 0 radical (unpaired) electrons. The summed E-state index contributed by atoms with van der Waals surface area (Å²) >= 11 is 9.72. The molecule has 0 bridgehead atoms. The van der Waals surface area contributed by atoms with Crippen molar-refractivity contribution in [3.8, 4) is 0 Å². The standard InChI is InChI=1S/3C8H12N2.C7H9BrN2.2C7H11N3.C4H9NO2.BrH.Cu/c3*1-6(2)8-5-9-7(3)4-10-8;3*1-5(2)6-3-10-7(8)4-9-6;1-4(2,3)7-5-6;;/h3*4-6H,1-3H3;3-5H,1-2H3;2*3-5H,1-2H3,(H2,8,10);1-3H3;1H;/q;;;;;;;;+1/p-1. The molecule has 17 nitrogen and oxygen atoms in total. The summed E-state index contributed by atoms with van der Waals surface area (Å²) in [6.45, 7) is 36.2. The van der Waals surface area contributed by atoms with Crippen LogP contribution in [0.3, 0.4) is 0 Å². The van der Waals surface area contributed by atoms with Gasteiger partial charge in [-0.25, -0.2) is 15.0 Å². The molecule has 6 aromatic rings. The predicted molar refractivity (Wildman–Crippen MR) is 283 cm³/mol. The molecule has 0 unspecified atom stereocenters. The van der Waals surface area contributed by atoms with Gasteiger partial charge in [0.2, 0.25) is 0 Å². The molecule has 0 spiro atoms. The van der Waals surface area contributed by atoms with E-state index in [0.29, 0.717) is 47.1 Å². The molecule has 6 rings (SSSR count). The molecule has 0 aliphatic heterocycles. The first-order valence-corrected chi connectivity index (χ1v) is 25.5. The number of aryl methyl sites for hydroxylation is 3. The molecule has 69 heavy (non-hydrogen) atoms. The first-order chi connectivity index (χ1) is 32.3. The summed E-state index contributed by atoms with van der Waals surface area (Å²) in [5.74, 6) is 3.70. The van der Waals surface area contributed by atoms with E-state index in [-0.39, 0.29) is 0 Å². The topological polar surface area (TPSA) is 245 Å². The molecule has 0 atom stereocenters. The molecular weight excluding hydrogens is 1050 g/mol. The van der Waals surface area contributed by atoms with Crippen LogP contribution in [0, 0.1) is 25.7 Å². The van der Waals surface area contributed by atoms with Gasteiger partial charge in [-0.05, 0) is 93.0 Å². The number of anilines is 2. The van der Waals surface area contributed by atoms with Crippen LogP contribution in [0.15, 0.2) is 84.3 Å². The van der Waals surface area contributed by atoms with Crippen molar-refractivity contribution in [2.75, 3.05) is 11.5 Å². The Labute approximate surface area is 435 Å². The molecule has 0 fully saturated rings. The number of halogens is 2. The molecule has 0 saturated heterocycles. The summed E-state index contributed by atoms with van der Waals surface area (Å²) in [4.78, 5) is 62.9. The van der Waals surface area contributed by atoms with Crippen molar-refractivity contribution < 1.29 is 19.0 Å². The van der Waals surface area contributed by atoms with Gasteiger partial charge in [-0.3, -0.25) is 44.9 Å². The normalized spacial score (nSPS) is 10.2. The molecule has 4 N–H and O–H groups in total. The molecule has 20 heteroatoms. The number of nitrogens with two attached hydrogens (primary N) is 2. The maximum atomic E-state index is 9.35. The van der Waals surface area contributed by atoms with Gasteiger partial charge < -0.3 is 16.3 Å². The molecule has 0 amide bonds. The third kappa shape index (κ3) is 34.0. The fraction of sp³-hybridized carbons (Fsp3) is 0.510. The van der Waals surface area contributed by atoms with Crippen molar-refractivity contribution in [3.63, 3.8) is 0 Å². The van der Waals surface area contributed by atoms with Crippen molar-refractivity contribution in [3.05, 3.63) is 135 Å². The Morgan fingerprint density at radius 3 is 0.797 bits per heavy atom. The zero-order valence-electron chi connectivity index (χ0n) is 43.7. The molecule has 6 heterocycles. The van der Waals surface area contributed by atoms with E-state index in [0.717, 1.165) is 55.8 Å². The monoisotopic (exact) mass is 1130 g/mol. The number of nitrogen functional groups attached to an aromatic ring is 2. The molecular formula is C49H76Br2CuN15O2. The fourth-order valence-electron chi connectivity index (χ4n) is 4.13. The van der Waals surface area contributed by atoms with E-state index in [9.17, 15) is 4.91 Å². The second-order valence-corrected chi connectivity index (χ2v) is 18.8. The van der Waals surface area contributed by atoms with Gasteiger partial charge in [-0.1, -0.05) is 83.1 Å². The Balaban J connectivity index is 0. The zero-order valence-corrected chi connectivity index (χ0v) is 47.8. The summed E-state index contributed by atoms with van der Waals surface area (Å²) < 4.78 is 0.789. The van der Waals surface area contributed by atoms with E-state index in [1.807, 2.05) is 39.4 Å². The number of hydrogen-bond acceptors (Lipinski definition) is 17. The average molecular weight is 1130 g/mol. The van der Waals surface area contributed by atoms with Crippen LogP contribution in [-0.2, 0) is 19.0 Å². The van der Waals surface area contributed by atoms with Crippen LogP contribution in [-0.4, -0.2) is 65.4 Å². The first-order valence-electron chi connectivity index (χ1n) is 22.4. The Kier molecular flexibility index (Phi) is 35.3. The van der Waals surface area contributed by atoms with Crippen LogP contribution in [0.25, 0.3) is 0 Å². The summed E-state index contributed by atoms with van der Waals surface area (Å²) in [5.41, 5.74) is 19.4. The third-order valence-electron chi connectivity index (χ3n) is 8.29. The molecule has 384 valence electrons. The fourth-order valence-corrected chi connectivity index (χ4v) is 4.33. The second kappa shape index (κ2) is 36.9. The van der Waals surface area contributed by atoms with E-state index in [2.05, 4.69) is 197 Å². The third-order valence-corrected chi connectivity index (χ3v) is 8.70. The first kappa shape index (κ1) is 66.0. The molecule has 0 aliphatic rings. The molecule has 0 aliphatic carbocycles. The number of rotatable bonds is 7. The van der Waals surface area contributed by atoms with Gasteiger partial charge in [0.1, 0.15) is 21.8 Å². The zero-order chi connectivity index (χ0) is 53.3. The van der Waals surface area contributed by atoms with Gasteiger partial charge in [0.05, 0.1) is 82.2 Å². The number of hydrogen-bond donors (Lipinski definition) is 2. The molecule has 0 saturated carbocycles. The van der Waals surface area contributed by atoms with Crippen molar-refractivity contribution in [1.29, 1.82) is 0 Å². The van der Waals surface area contributed by atoms with Crippen molar-refractivity contribution in [2.45, 2.75) is 166 Å². The van der Waals surface area contributed by atoms with Crippen LogP contribution < -0.4 is 11.5 Å². The minimum absolute atomic E-state index is 0.424. The van der Waals surface area contributed by atoms with E-state index in [4.69, 9.17) is 11.5 Å². The van der Waals surface area contributed by atoms with Crippen molar-refractivity contribution in [2.24, 2.45) is 5.34 Å². The van der Waals surface area contributed by atoms with E-state index in [1.165, 1.54) is 0 Å². The average Bonchev–Trinajstić information content (AvgIpc) is 3.29. The quantitative estimate of drug-likeness (QED) is 0.0857. The van der Waals surface area contributed by atoms with Crippen LogP contribution in [0.5, 0.6) is 0 Å². The van der Waals surface area contributed by atoms with E-state index >= 15 is 0 Å². The maximum absolute atomic E-state index is 9.35. The van der Waals surface area contributed by atoms with Gasteiger partial charge in [0.25, 0.3) is 0 Å². The van der Waals surface area contributed by atoms with Crippen molar-refractivity contribution >= 4 is 41.7 Å². The summed E-state index contributed by atoms with van der Waals surface area (Å²) in [7, 11) is 0. The second-order valence-electron chi connectivity index (χ2n) is 18.0. The van der Waals surface area contributed by atoms with Crippen molar-refractivity contribution in [1.82, 2.24) is 59.8 Å². The summed E-state index contributed by atoms with van der Waals surface area (Å²) in [5, 5.41) is 2.26. The van der Waals surface area contributed by atoms with Gasteiger partial charge >= 0.3 is 28.3 Å². The van der Waals surface area contributed by atoms with Gasteiger partial charge in [-0.2, -0.15) is 0 Å². The minimum atomic E-state index is -0.429. The number of aromatic nitrogens is 12. The Morgan fingerprint density at radius 1 is 0.420 bits per heavy atom. The van der Waals surface area contributed by atoms with Crippen LogP contribution in [0.1, 0.15) is 191 Å². The van der Waals surface area contributed by atoms with E-state index < -0.39 is 5.60 Å². The van der Waals surface area contributed by atoms with Crippen LogP contribution in [0.4, 0.5) is 11.6 Å². The van der Waals surface area contributed by atoms with Gasteiger partial charge in [-0.15, -0.1) is 4.91 Å². The SMILES string of the molecule is CC(C)(C)ON=O.CC(C)c1cnc(Br)cn1.CC(C)c1cnc(N)cn1.CC(C)c1cnc(N)cn1.Cc1cnc(C(C)C)cn1.Cc1cnc(C(C)C)cn1.Cc1cnc(C(C)C)cn1.[Cu][Br]. The Bertz CT molecular complexity index is 1790. The Hall–Kier alpha value is -5.04. The van der Waals surface area contributed by atoms with Gasteiger partial charge in [0.15, 0.2) is 5.34 Å². The van der Waals surface area contributed by atoms with Crippen LogP contribution in [0.2, 0.25) is 0 Å². The molecule has 0 aromatic carbocycles. The Morgan fingerprint density at radius 2 is 0.652 bits per heavy atom. The van der Waals surface area contributed by atoms with Crippen LogP contribution >= 0.6 is 30.0 Å². The summed E-state index contributed by atoms with van der Waals surface area (Å²) in [6.07, 6.45) is 21.0. The number of nitrogens with zero attached hydrogens (tertiary/aromatic N) is 13. The van der Waals surface area contributed by atoms with E-state index in [1.54, 1.807) is 76.5 Å². The van der Waals surface area contributed by atoms with Gasteiger partial charge in [0, 0.05) is 43.4 Å².